The van der Waals surface area contributed by atoms with E-state index in [-0.39, 0.29) is 17.9 Å². The van der Waals surface area contributed by atoms with Gasteiger partial charge in [-0.15, -0.1) is 6.58 Å². The van der Waals surface area contributed by atoms with E-state index >= 15 is 0 Å². The summed E-state index contributed by atoms with van der Waals surface area (Å²) in [5.74, 6) is 1.62. The van der Waals surface area contributed by atoms with Crippen LogP contribution in [-0.2, 0) is 14.3 Å². The molecule has 0 saturated carbocycles. The molecule has 156 valence electrons. The standard InChI is InChI=1S/C22H39NO3S/c1-4-5-6-7-8-9-10-13-16-26-21(25)15-12-11-14-20-22(23-19(3)24)18(2)17-27-20/h4,18,20,22H,1,5-17H2,2-3H3,(H,23,24)/t18-,20-,22-/m0/s1. The first-order valence-corrected chi connectivity index (χ1v) is 11.7. The third kappa shape index (κ3) is 11.5. The maximum absolute atomic E-state index is 11.8. The number of carbonyl (C=O) groups is 2. The summed E-state index contributed by atoms with van der Waals surface area (Å²) in [4.78, 5) is 23.2. The number of unbranched alkanes of at least 4 members (excludes halogenated alkanes) is 7. The summed E-state index contributed by atoms with van der Waals surface area (Å²) in [6.45, 7) is 8.09. The van der Waals surface area contributed by atoms with Crippen LogP contribution in [0.2, 0.25) is 0 Å². The predicted octanol–water partition coefficient (Wildman–Crippen LogP) is 5.26. The number of carbonyl (C=O) groups excluding carboxylic acids is 2. The van der Waals surface area contributed by atoms with Gasteiger partial charge in [-0.25, -0.2) is 0 Å². The number of hydrogen-bond acceptors (Lipinski definition) is 4. The van der Waals surface area contributed by atoms with Crippen molar-refractivity contribution in [3.63, 3.8) is 0 Å². The van der Waals surface area contributed by atoms with Crippen LogP contribution in [0.15, 0.2) is 12.7 Å². The fraction of sp³-hybridized carbons (Fsp3) is 0.818. The van der Waals surface area contributed by atoms with Gasteiger partial charge in [0.15, 0.2) is 0 Å². The Kier molecular flexibility index (Phi) is 13.4. The Morgan fingerprint density at radius 1 is 1.11 bits per heavy atom. The minimum absolute atomic E-state index is 0.0553. The van der Waals surface area contributed by atoms with Crippen LogP contribution in [0.3, 0.4) is 0 Å². The summed E-state index contributed by atoms with van der Waals surface area (Å²) in [5, 5.41) is 3.57. The van der Waals surface area contributed by atoms with Crippen molar-refractivity contribution in [3.05, 3.63) is 12.7 Å². The minimum Gasteiger partial charge on any atom is -0.466 e. The van der Waals surface area contributed by atoms with Crippen LogP contribution in [0.5, 0.6) is 0 Å². The van der Waals surface area contributed by atoms with E-state index in [1.165, 1.54) is 25.7 Å². The molecule has 0 aromatic rings. The van der Waals surface area contributed by atoms with Gasteiger partial charge in [0.05, 0.1) is 6.61 Å². The number of thioether (sulfide) groups is 1. The van der Waals surface area contributed by atoms with Crippen molar-refractivity contribution in [2.75, 3.05) is 12.4 Å². The lowest BCUT2D eigenvalue weighted by atomic mass is 9.97. The zero-order chi connectivity index (χ0) is 19.9. The number of allylic oxidation sites excluding steroid dienone is 1. The van der Waals surface area contributed by atoms with Gasteiger partial charge in [-0.2, -0.15) is 11.8 Å². The minimum atomic E-state index is -0.0631. The fourth-order valence-corrected chi connectivity index (χ4v) is 5.19. The van der Waals surface area contributed by atoms with E-state index in [1.807, 2.05) is 17.8 Å². The van der Waals surface area contributed by atoms with Gasteiger partial charge in [0.2, 0.25) is 5.91 Å². The molecule has 1 fully saturated rings. The van der Waals surface area contributed by atoms with Gasteiger partial charge >= 0.3 is 5.97 Å². The van der Waals surface area contributed by atoms with Gasteiger partial charge in [-0.1, -0.05) is 45.1 Å². The Morgan fingerprint density at radius 3 is 2.52 bits per heavy atom. The van der Waals surface area contributed by atoms with Gasteiger partial charge in [0, 0.05) is 24.6 Å². The summed E-state index contributed by atoms with van der Waals surface area (Å²) < 4.78 is 5.34. The molecule has 0 aromatic heterocycles. The summed E-state index contributed by atoms with van der Waals surface area (Å²) >= 11 is 1.95. The Hall–Kier alpha value is -0.970. The summed E-state index contributed by atoms with van der Waals surface area (Å²) in [7, 11) is 0. The van der Waals surface area contributed by atoms with Gasteiger partial charge in [0.1, 0.15) is 0 Å². The van der Waals surface area contributed by atoms with E-state index in [0.29, 0.717) is 24.2 Å². The highest BCUT2D eigenvalue weighted by Crippen LogP contribution is 2.34. The Labute approximate surface area is 170 Å². The molecule has 1 aliphatic rings. The first-order chi connectivity index (χ1) is 13.0. The van der Waals surface area contributed by atoms with E-state index in [1.54, 1.807) is 6.92 Å². The molecule has 0 aromatic carbocycles. The molecular weight excluding hydrogens is 358 g/mol. The van der Waals surface area contributed by atoms with Crippen LogP contribution in [0.4, 0.5) is 0 Å². The molecule has 0 radical (unpaired) electrons. The number of ether oxygens (including phenoxy) is 1. The fourth-order valence-electron chi connectivity index (χ4n) is 3.55. The Morgan fingerprint density at radius 2 is 1.81 bits per heavy atom. The molecule has 5 heteroatoms. The molecule has 1 aliphatic heterocycles. The maximum Gasteiger partial charge on any atom is 0.305 e. The van der Waals surface area contributed by atoms with Crippen molar-refractivity contribution in [2.24, 2.45) is 5.92 Å². The summed E-state index contributed by atoms with van der Waals surface area (Å²) in [6, 6.07) is 0.274. The quantitative estimate of drug-likeness (QED) is 0.232. The van der Waals surface area contributed by atoms with Crippen LogP contribution in [0.25, 0.3) is 0 Å². The van der Waals surface area contributed by atoms with E-state index in [0.717, 1.165) is 44.3 Å². The van der Waals surface area contributed by atoms with Crippen LogP contribution in [-0.4, -0.2) is 35.5 Å². The lowest BCUT2D eigenvalue weighted by molar-refractivity contribution is -0.143. The molecule has 0 aliphatic carbocycles. The molecular formula is C22H39NO3S. The average Bonchev–Trinajstić information content (AvgIpc) is 2.97. The van der Waals surface area contributed by atoms with Gasteiger partial charge in [-0.3, -0.25) is 9.59 Å². The number of esters is 1. The zero-order valence-corrected chi connectivity index (χ0v) is 18.2. The molecule has 27 heavy (non-hydrogen) atoms. The molecule has 0 unspecified atom stereocenters. The molecule has 1 rings (SSSR count). The van der Waals surface area contributed by atoms with E-state index in [4.69, 9.17) is 4.74 Å². The number of amides is 1. The van der Waals surface area contributed by atoms with Crippen LogP contribution in [0.1, 0.15) is 84.5 Å². The lowest BCUT2D eigenvalue weighted by Crippen LogP contribution is -2.41. The highest BCUT2D eigenvalue weighted by molar-refractivity contribution is 8.00. The topological polar surface area (TPSA) is 55.4 Å². The molecule has 0 bridgehead atoms. The molecule has 1 heterocycles. The average molecular weight is 398 g/mol. The van der Waals surface area contributed by atoms with Crippen LogP contribution in [0, 0.1) is 5.92 Å². The van der Waals surface area contributed by atoms with Crippen molar-refractivity contribution in [3.8, 4) is 0 Å². The molecule has 3 atom stereocenters. The molecule has 1 saturated heterocycles. The predicted molar refractivity (Wildman–Crippen MR) is 115 cm³/mol. The van der Waals surface area contributed by atoms with Crippen LogP contribution >= 0.6 is 11.8 Å². The lowest BCUT2D eigenvalue weighted by Gasteiger charge is -2.22. The third-order valence-electron chi connectivity index (χ3n) is 5.14. The van der Waals surface area contributed by atoms with Crippen LogP contribution < -0.4 is 5.32 Å². The van der Waals surface area contributed by atoms with Crippen molar-refractivity contribution < 1.29 is 14.3 Å². The third-order valence-corrected chi connectivity index (χ3v) is 6.82. The van der Waals surface area contributed by atoms with Crippen molar-refractivity contribution >= 4 is 23.6 Å². The molecule has 4 nitrogen and oxygen atoms in total. The van der Waals surface area contributed by atoms with E-state index < -0.39 is 0 Å². The summed E-state index contributed by atoms with van der Waals surface area (Å²) in [5.41, 5.74) is 0. The normalized spacial score (nSPS) is 21.8. The Bertz CT molecular complexity index is 441. The molecule has 1 amide bonds. The highest BCUT2D eigenvalue weighted by atomic mass is 32.2. The summed E-state index contributed by atoms with van der Waals surface area (Å²) in [6.07, 6.45) is 13.7. The second-order valence-corrected chi connectivity index (χ2v) is 9.01. The number of nitrogens with one attached hydrogen (secondary N) is 1. The number of rotatable bonds is 15. The number of hydrogen-bond donors (Lipinski definition) is 1. The largest absolute Gasteiger partial charge is 0.466 e. The molecule has 1 N–H and O–H groups in total. The van der Waals surface area contributed by atoms with Crippen molar-refractivity contribution in [2.45, 2.75) is 95.8 Å². The smallest absolute Gasteiger partial charge is 0.305 e. The monoisotopic (exact) mass is 397 g/mol. The van der Waals surface area contributed by atoms with Crippen molar-refractivity contribution in [1.82, 2.24) is 5.32 Å². The van der Waals surface area contributed by atoms with Gasteiger partial charge in [-0.05, 0) is 43.8 Å². The van der Waals surface area contributed by atoms with Gasteiger partial charge < -0.3 is 10.1 Å². The highest BCUT2D eigenvalue weighted by Gasteiger charge is 2.33. The molecule has 0 spiro atoms. The van der Waals surface area contributed by atoms with E-state index in [2.05, 4.69) is 18.8 Å². The second-order valence-electron chi connectivity index (χ2n) is 7.74. The SMILES string of the molecule is C=CCCCCCCCCOC(=O)CCCC[C@@H]1SC[C@H](C)[C@@H]1NC(C)=O. The van der Waals surface area contributed by atoms with E-state index in [9.17, 15) is 9.59 Å². The maximum atomic E-state index is 11.8. The van der Waals surface area contributed by atoms with Gasteiger partial charge in [0.25, 0.3) is 0 Å². The first kappa shape index (κ1) is 24.1. The Balaban J connectivity index is 1.98. The van der Waals surface area contributed by atoms with Crippen molar-refractivity contribution in [1.29, 1.82) is 0 Å². The zero-order valence-electron chi connectivity index (χ0n) is 17.3. The first-order valence-electron chi connectivity index (χ1n) is 10.7. The second kappa shape index (κ2) is 15.0.